The summed E-state index contributed by atoms with van der Waals surface area (Å²) in [5.41, 5.74) is -0.0235. The van der Waals surface area contributed by atoms with E-state index in [0.717, 1.165) is 0 Å². The standard InChI is InChI=1S/C16H24N2O5/c1-6-23-8-7-12-10-18(15(19)14(17-12)21-4)13(9-11(2)3)16(20)22-5/h7-8,10-11,13H,6,9H2,1-5H3. The quantitative estimate of drug-likeness (QED) is 0.537. The van der Waals surface area contributed by atoms with Crippen LogP contribution in [-0.2, 0) is 14.3 Å². The van der Waals surface area contributed by atoms with E-state index in [1.165, 1.54) is 31.2 Å². The lowest BCUT2D eigenvalue weighted by molar-refractivity contribution is -0.145. The Balaban J connectivity index is 3.37. The first-order valence-corrected chi connectivity index (χ1v) is 7.47. The minimum Gasteiger partial charge on any atom is -0.501 e. The van der Waals surface area contributed by atoms with Crippen molar-refractivity contribution in [3.8, 4) is 5.88 Å². The molecule has 0 bridgehead atoms. The van der Waals surface area contributed by atoms with Gasteiger partial charge < -0.3 is 14.2 Å². The van der Waals surface area contributed by atoms with Crippen LogP contribution < -0.4 is 10.3 Å². The largest absolute Gasteiger partial charge is 0.501 e. The normalized spacial score (nSPS) is 12.4. The maximum Gasteiger partial charge on any atom is 0.328 e. The maximum atomic E-state index is 12.4. The highest BCUT2D eigenvalue weighted by Crippen LogP contribution is 2.19. The van der Waals surface area contributed by atoms with Crippen LogP contribution >= 0.6 is 0 Å². The SMILES string of the molecule is CCOC=Cc1cn(C(CC(C)C)C(=O)OC)c(=O)c(OC)n1. The van der Waals surface area contributed by atoms with Crippen LogP contribution in [0.2, 0.25) is 0 Å². The van der Waals surface area contributed by atoms with Crippen LogP contribution in [0.3, 0.4) is 0 Å². The van der Waals surface area contributed by atoms with Crippen LogP contribution in [-0.4, -0.2) is 36.3 Å². The lowest BCUT2D eigenvalue weighted by atomic mass is 10.0. The predicted molar refractivity (Wildman–Crippen MR) is 86.2 cm³/mol. The Hall–Kier alpha value is -2.31. The number of aromatic nitrogens is 2. The Morgan fingerprint density at radius 2 is 2.09 bits per heavy atom. The number of rotatable bonds is 8. The second kappa shape index (κ2) is 8.97. The lowest BCUT2D eigenvalue weighted by Crippen LogP contribution is -2.32. The second-order valence-electron chi connectivity index (χ2n) is 5.31. The summed E-state index contributed by atoms with van der Waals surface area (Å²) in [6, 6.07) is -0.733. The third-order valence-electron chi connectivity index (χ3n) is 3.12. The second-order valence-corrected chi connectivity index (χ2v) is 5.31. The van der Waals surface area contributed by atoms with Gasteiger partial charge in [-0.2, -0.15) is 0 Å². The molecule has 1 aromatic rings. The first-order chi connectivity index (χ1) is 10.9. The Morgan fingerprint density at radius 3 is 2.61 bits per heavy atom. The maximum absolute atomic E-state index is 12.4. The molecule has 0 fully saturated rings. The fourth-order valence-corrected chi connectivity index (χ4v) is 2.07. The molecular weight excluding hydrogens is 300 g/mol. The van der Waals surface area contributed by atoms with E-state index in [0.29, 0.717) is 18.7 Å². The van der Waals surface area contributed by atoms with Gasteiger partial charge in [0.05, 0.1) is 32.8 Å². The summed E-state index contributed by atoms with van der Waals surface area (Å²) in [6.45, 7) is 6.31. The van der Waals surface area contributed by atoms with Gasteiger partial charge in [-0.3, -0.25) is 9.36 Å². The van der Waals surface area contributed by atoms with Crippen LogP contribution in [0.15, 0.2) is 17.3 Å². The lowest BCUT2D eigenvalue weighted by Gasteiger charge is -2.20. The molecule has 0 aliphatic rings. The Bertz CT molecular complexity index is 607. The van der Waals surface area contributed by atoms with Crippen molar-refractivity contribution in [1.29, 1.82) is 0 Å². The van der Waals surface area contributed by atoms with Gasteiger partial charge in [0.15, 0.2) is 0 Å². The van der Waals surface area contributed by atoms with Crippen LogP contribution in [0, 0.1) is 5.92 Å². The summed E-state index contributed by atoms with van der Waals surface area (Å²) in [7, 11) is 2.66. The molecule has 23 heavy (non-hydrogen) atoms. The van der Waals surface area contributed by atoms with Crippen molar-refractivity contribution in [3.63, 3.8) is 0 Å². The number of methoxy groups -OCH3 is 2. The molecule has 7 heteroatoms. The van der Waals surface area contributed by atoms with Gasteiger partial charge >= 0.3 is 11.5 Å². The topological polar surface area (TPSA) is 79.7 Å². The molecule has 0 saturated heterocycles. The molecule has 0 aliphatic carbocycles. The highest BCUT2D eigenvalue weighted by atomic mass is 16.5. The number of hydrogen-bond donors (Lipinski definition) is 0. The van der Waals surface area contributed by atoms with Crippen LogP contribution in [0.1, 0.15) is 38.9 Å². The molecule has 1 heterocycles. The third-order valence-corrected chi connectivity index (χ3v) is 3.12. The zero-order valence-corrected chi connectivity index (χ0v) is 14.2. The van der Waals surface area contributed by atoms with Crippen molar-refractivity contribution in [1.82, 2.24) is 9.55 Å². The highest BCUT2D eigenvalue weighted by Gasteiger charge is 2.25. The molecule has 0 spiro atoms. The summed E-state index contributed by atoms with van der Waals surface area (Å²) < 4.78 is 16.3. The highest BCUT2D eigenvalue weighted by molar-refractivity contribution is 5.74. The van der Waals surface area contributed by atoms with E-state index in [1.54, 1.807) is 6.08 Å². The van der Waals surface area contributed by atoms with Gasteiger partial charge in [-0.25, -0.2) is 9.78 Å². The van der Waals surface area contributed by atoms with Crippen LogP contribution in [0.5, 0.6) is 5.88 Å². The predicted octanol–water partition coefficient (Wildman–Crippen LogP) is 2.02. The average molecular weight is 324 g/mol. The van der Waals surface area contributed by atoms with E-state index in [-0.39, 0.29) is 11.8 Å². The van der Waals surface area contributed by atoms with Gasteiger partial charge in [0.25, 0.3) is 5.88 Å². The summed E-state index contributed by atoms with van der Waals surface area (Å²) in [4.78, 5) is 28.6. The van der Waals surface area contributed by atoms with Gasteiger partial charge in [0, 0.05) is 6.20 Å². The summed E-state index contributed by atoms with van der Waals surface area (Å²) >= 11 is 0. The number of nitrogens with zero attached hydrogens (tertiary/aromatic N) is 2. The van der Waals surface area contributed by atoms with E-state index in [1.807, 2.05) is 20.8 Å². The van der Waals surface area contributed by atoms with Gasteiger partial charge in [-0.1, -0.05) is 13.8 Å². The molecule has 0 aliphatic heterocycles. The zero-order valence-electron chi connectivity index (χ0n) is 14.2. The molecule has 0 radical (unpaired) electrons. The van der Waals surface area contributed by atoms with Gasteiger partial charge in [0.2, 0.25) is 0 Å². The van der Waals surface area contributed by atoms with Crippen molar-refractivity contribution < 1.29 is 19.0 Å². The van der Waals surface area contributed by atoms with Gasteiger partial charge in [-0.15, -0.1) is 0 Å². The van der Waals surface area contributed by atoms with Crippen LogP contribution in [0.4, 0.5) is 0 Å². The molecule has 0 aromatic carbocycles. The molecule has 0 amide bonds. The molecule has 7 nitrogen and oxygen atoms in total. The molecule has 1 unspecified atom stereocenters. The van der Waals surface area contributed by atoms with Crippen molar-refractivity contribution in [3.05, 3.63) is 28.5 Å². The first kappa shape index (κ1) is 18.7. The fraction of sp³-hybridized carbons (Fsp3) is 0.562. The van der Waals surface area contributed by atoms with Crippen molar-refractivity contribution in [2.45, 2.75) is 33.2 Å². The Kier molecular flexibility index (Phi) is 7.31. The summed E-state index contributed by atoms with van der Waals surface area (Å²) in [5.74, 6) is -0.359. The number of hydrogen-bond acceptors (Lipinski definition) is 6. The minimum absolute atomic E-state index is 0.0821. The molecule has 128 valence electrons. The smallest absolute Gasteiger partial charge is 0.328 e. The number of carbonyl (C=O) groups is 1. The summed E-state index contributed by atoms with van der Waals surface area (Å²) in [6.07, 6.45) is 5.05. The van der Waals surface area contributed by atoms with E-state index in [2.05, 4.69) is 4.98 Å². The molecule has 1 aromatic heterocycles. The molecule has 1 rings (SSSR count). The van der Waals surface area contributed by atoms with E-state index in [9.17, 15) is 9.59 Å². The third kappa shape index (κ3) is 5.12. The average Bonchev–Trinajstić information content (AvgIpc) is 2.53. The minimum atomic E-state index is -0.733. The Morgan fingerprint density at radius 1 is 1.39 bits per heavy atom. The monoisotopic (exact) mass is 324 g/mol. The number of ether oxygens (including phenoxy) is 3. The van der Waals surface area contributed by atoms with Crippen LogP contribution in [0.25, 0.3) is 6.08 Å². The molecule has 0 saturated carbocycles. The van der Waals surface area contributed by atoms with E-state index in [4.69, 9.17) is 14.2 Å². The first-order valence-electron chi connectivity index (χ1n) is 7.47. The van der Waals surface area contributed by atoms with E-state index < -0.39 is 17.6 Å². The van der Waals surface area contributed by atoms with Gasteiger partial charge in [-0.05, 0) is 25.3 Å². The number of carbonyl (C=O) groups excluding carboxylic acids is 1. The fourth-order valence-electron chi connectivity index (χ4n) is 2.07. The molecule has 1 atom stereocenters. The van der Waals surface area contributed by atoms with E-state index >= 15 is 0 Å². The van der Waals surface area contributed by atoms with Crippen molar-refractivity contribution in [2.24, 2.45) is 5.92 Å². The van der Waals surface area contributed by atoms with Crippen molar-refractivity contribution >= 4 is 12.0 Å². The zero-order chi connectivity index (χ0) is 17.4. The molecular formula is C16H24N2O5. The number of esters is 1. The molecule has 0 N–H and O–H groups in total. The van der Waals surface area contributed by atoms with Gasteiger partial charge in [0.1, 0.15) is 6.04 Å². The summed E-state index contributed by atoms with van der Waals surface area (Å²) in [5, 5.41) is 0. The van der Waals surface area contributed by atoms with Crippen molar-refractivity contribution in [2.75, 3.05) is 20.8 Å². The Labute approximate surface area is 135 Å².